The van der Waals surface area contributed by atoms with E-state index in [2.05, 4.69) is 5.32 Å². The summed E-state index contributed by atoms with van der Waals surface area (Å²) < 4.78 is 0. The number of nitrogens with one attached hydrogen (secondary N) is 1. The molecule has 2 amide bonds. The minimum absolute atomic E-state index is 0.0309. The summed E-state index contributed by atoms with van der Waals surface area (Å²) in [4.78, 5) is 26.8. The average Bonchev–Trinajstić information content (AvgIpc) is 3.09. The van der Waals surface area contributed by atoms with Gasteiger partial charge in [0.05, 0.1) is 5.75 Å². The lowest BCUT2D eigenvalue weighted by atomic mass is 10.1. The molecule has 5 heteroatoms. The van der Waals surface area contributed by atoms with E-state index in [-0.39, 0.29) is 17.2 Å². The standard InChI is InChI=1S/C24H22N2O2S/c1-17-6-5-9-21(14-17)25-23(28)19-10-12-20(13-11-19)24-26(22(27)16-29-24)15-18-7-3-2-4-8-18/h2-14,24H,15-16H2,1H3,(H,25,28)/t24-/m0/s1. The number of anilines is 1. The summed E-state index contributed by atoms with van der Waals surface area (Å²) >= 11 is 1.63. The summed E-state index contributed by atoms with van der Waals surface area (Å²) in [5.74, 6) is 0.483. The van der Waals surface area contributed by atoms with Crippen molar-refractivity contribution < 1.29 is 9.59 Å². The maximum absolute atomic E-state index is 12.5. The predicted molar refractivity (Wildman–Crippen MR) is 118 cm³/mol. The molecule has 4 rings (SSSR count). The van der Waals surface area contributed by atoms with Crippen molar-refractivity contribution >= 4 is 29.3 Å². The van der Waals surface area contributed by atoms with E-state index in [9.17, 15) is 9.59 Å². The molecule has 146 valence electrons. The molecule has 0 radical (unpaired) electrons. The van der Waals surface area contributed by atoms with Crippen LogP contribution in [0.5, 0.6) is 0 Å². The third-order valence-electron chi connectivity index (χ3n) is 4.90. The van der Waals surface area contributed by atoms with E-state index >= 15 is 0 Å². The molecule has 1 saturated heterocycles. The van der Waals surface area contributed by atoms with E-state index in [0.717, 1.165) is 22.4 Å². The van der Waals surface area contributed by atoms with Crippen molar-refractivity contribution in [2.75, 3.05) is 11.1 Å². The maximum Gasteiger partial charge on any atom is 0.255 e. The molecule has 0 aromatic heterocycles. The van der Waals surface area contributed by atoms with Crippen LogP contribution >= 0.6 is 11.8 Å². The SMILES string of the molecule is Cc1cccc(NC(=O)c2ccc([C@@H]3SCC(=O)N3Cc3ccccc3)cc2)c1. The Kier molecular flexibility index (Phi) is 5.67. The van der Waals surface area contributed by atoms with Crippen molar-refractivity contribution in [3.8, 4) is 0 Å². The van der Waals surface area contributed by atoms with Gasteiger partial charge in [-0.05, 0) is 47.9 Å². The molecule has 1 heterocycles. The molecule has 3 aromatic carbocycles. The van der Waals surface area contributed by atoms with Gasteiger partial charge in [0, 0.05) is 17.8 Å². The lowest BCUT2D eigenvalue weighted by Gasteiger charge is -2.24. The first-order chi connectivity index (χ1) is 14.1. The Labute approximate surface area is 174 Å². The van der Waals surface area contributed by atoms with Crippen LogP contribution in [0.3, 0.4) is 0 Å². The molecule has 0 bridgehead atoms. The predicted octanol–water partition coefficient (Wildman–Crippen LogP) is 5.02. The number of carbonyl (C=O) groups is 2. The lowest BCUT2D eigenvalue weighted by molar-refractivity contribution is -0.128. The highest BCUT2D eigenvalue weighted by Gasteiger charge is 2.32. The molecular weight excluding hydrogens is 380 g/mol. The fourth-order valence-corrected chi connectivity index (χ4v) is 4.59. The zero-order chi connectivity index (χ0) is 20.2. The molecule has 1 N–H and O–H groups in total. The number of hydrogen-bond acceptors (Lipinski definition) is 3. The van der Waals surface area contributed by atoms with E-state index in [4.69, 9.17) is 0 Å². The van der Waals surface area contributed by atoms with Gasteiger partial charge in [-0.2, -0.15) is 0 Å². The third-order valence-corrected chi connectivity index (χ3v) is 6.15. The van der Waals surface area contributed by atoms with Crippen LogP contribution in [-0.4, -0.2) is 22.5 Å². The maximum atomic E-state index is 12.5. The van der Waals surface area contributed by atoms with Crippen molar-refractivity contribution in [2.45, 2.75) is 18.8 Å². The molecular formula is C24H22N2O2S. The number of rotatable bonds is 5. The van der Waals surface area contributed by atoms with Gasteiger partial charge in [0.1, 0.15) is 5.37 Å². The van der Waals surface area contributed by atoms with Crippen LogP contribution in [0, 0.1) is 6.92 Å². The Morgan fingerprint density at radius 2 is 1.79 bits per heavy atom. The molecule has 1 atom stereocenters. The number of nitrogens with zero attached hydrogens (tertiary/aromatic N) is 1. The van der Waals surface area contributed by atoms with E-state index in [1.54, 1.807) is 11.8 Å². The molecule has 1 aliphatic heterocycles. The summed E-state index contributed by atoms with van der Waals surface area (Å²) in [5, 5.41) is 2.90. The molecule has 4 nitrogen and oxygen atoms in total. The van der Waals surface area contributed by atoms with Gasteiger partial charge in [-0.3, -0.25) is 9.59 Å². The van der Waals surface area contributed by atoms with Crippen LogP contribution in [0.15, 0.2) is 78.9 Å². The number of carbonyl (C=O) groups excluding carboxylic acids is 2. The van der Waals surface area contributed by atoms with E-state index in [1.807, 2.05) is 90.7 Å². The molecule has 1 fully saturated rings. The number of benzene rings is 3. The van der Waals surface area contributed by atoms with Gasteiger partial charge in [-0.25, -0.2) is 0 Å². The first kappa shape index (κ1) is 19.3. The largest absolute Gasteiger partial charge is 0.322 e. The Morgan fingerprint density at radius 1 is 1.03 bits per heavy atom. The summed E-state index contributed by atoms with van der Waals surface area (Å²) in [6.07, 6.45) is 0. The normalized spacial score (nSPS) is 16.1. The van der Waals surface area contributed by atoms with Gasteiger partial charge in [-0.15, -0.1) is 11.8 Å². The first-order valence-electron chi connectivity index (χ1n) is 9.53. The fourth-order valence-electron chi connectivity index (χ4n) is 3.41. The highest BCUT2D eigenvalue weighted by molar-refractivity contribution is 8.00. The van der Waals surface area contributed by atoms with Crippen LogP contribution in [0.25, 0.3) is 0 Å². The van der Waals surface area contributed by atoms with Crippen LogP contribution in [0.1, 0.15) is 32.4 Å². The number of hydrogen-bond donors (Lipinski definition) is 1. The highest BCUT2D eigenvalue weighted by atomic mass is 32.2. The Balaban J connectivity index is 1.47. The summed E-state index contributed by atoms with van der Waals surface area (Å²) in [5.41, 5.74) is 4.62. The molecule has 0 saturated carbocycles. The van der Waals surface area contributed by atoms with E-state index in [1.165, 1.54) is 0 Å². The second kappa shape index (κ2) is 8.53. The topological polar surface area (TPSA) is 49.4 Å². The monoisotopic (exact) mass is 402 g/mol. The molecule has 0 aliphatic carbocycles. The quantitative estimate of drug-likeness (QED) is 0.652. The van der Waals surface area contributed by atoms with E-state index < -0.39 is 0 Å². The van der Waals surface area contributed by atoms with Crippen molar-refractivity contribution in [3.63, 3.8) is 0 Å². The fraction of sp³-hybridized carbons (Fsp3) is 0.167. The van der Waals surface area contributed by atoms with Crippen molar-refractivity contribution in [3.05, 3.63) is 101 Å². The highest BCUT2D eigenvalue weighted by Crippen LogP contribution is 2.39. The van der Waals surface area contributed by atoms with Crippen LogP contribution < -0.4 is 5.32 Å². The van der Waals surface area contributed by atoms with Crippen molar-refractivity contribution in [1.82, 2.24) is 4.90 Å². The van der Waals surface area contributed by atoms with Gasteiger partial charge in [0.25, 0.3) is 5.91 Å². The minimum atomic E-state index is -0.140. The van der Waals surface area contributed by atoms with Crippen molar-refractivity contribution in [2.24, 2.45) is 0 Å². The Morgan fingerprint density at radius 3 is 2.52 bits per heavy atom. The third kappa shape index (κ3) is 4.51. The smallest absolute Gasteiger partial charge is 0.255 e. The second-order valence-electron chi connectivity index (χ2n) is 7.12. The van der Waals surface area contributed by atoms with Gasteiger partial charge in [0.15, 0.2) is 0 Å². The van der Waals surface area contributed by atoms with Crippen LogP contribution in [0.4, 0.5) is 5.69 Å². The number of aryl methyl sites for hydroxylation is 1. The molecule has 1 aliphatic rings. The summed E-state index contributed by atoms with van der Waals surface area (Å²) in [6, 6.07) is 25.3. The lowest BCUT2D eigenvalue weighted by Crippen LogP contribution is -2.27. The first-order valence-corrected chi connectivity index (χ1v) is 10.6. The van der Waals surface area contributed by atoms with E-state index in [0.29, 0.717) is 17.9 Å². The van der Waals surface area contributed by atoms with Gasteiger partial charge in [0.2, 0.25) is 5.91 Å². The van der Waals surface area contributed by atoms with Gasteiger partial charge < -0.3 is 10.2 Å². The van der Waals surface area contributed by atoms with Crippen LogP contribution in [-0.2, 0) is 11.3 Å². The van der Waals surface area contributed by atoms with Crippen molar-refractivity contribution in [1.29, 1.82) is 0 Å². The average molecular weight is 403 g/mol. The number of amides is 2. The molecule has 29 heavy (non-hydrogen) atoms. The minimum Gasteiger partial charge on any atom is -0.322 e. The van der Waals surface area contributed by atoms with Gasteiger partial charge in [-0.1, -0.05) is 54.6 Å². The number of thioether (sulfide) groups is 1. The zero-order valence-corrected chi connectivity index (χ0v) is 17.0. The van der Waals surface area contributed by atoms with Crippen LogP contribution in [0.2, 0.25) is 0 Å². The summed E-state index contributed by atoms with van der Waals surface area (Å²) in [7, 11) is 0. The molecule has 0 unspecified atom stereocenters. The molecule has 3 aromatic rings. The van der Waals surface area contributed by atoms with Gasteiger partial charge >= 0.3 is 0 Å². The zero-order valence-electron chi connectivity index (χ0n) is 16.2. The second-order valence-corrected chi connectivity index (χ2v) is 8.18. The summed E-state index contributed by atoms with van der Waals surface area (Å²) in [6.45, 7) is 2.58. The molecule has 0 spiro atoms. The Bertz CT molecular complexity index is 1020. The Hall–Kier alpha value is -3.05.